The zero-order chi connectivity index (χ0) is 21.5. The normalized spacial score (nSPS) is 11.7. The summed E-state index contributed by atoms with van der Waals surface area (Å²) in [7, 11) is 0. The van der Waals surface area contributed by atoms with Crippen LogP contribution < -0.4 is 10.6 Å². The third kappa shape index (κ3) is 5.26. The molecule has 5 nitrogen and oxygen atoms in total. The van der Waals surface area contributed by atoms with Gasteiger partial charge in [-0.15, -0.1) is 0 Å². The highest BCUT2D eigenvalue weighted by atomic mass is 35.5. The van der Waals surface area contributed by atoms with E-state index in [4.69, 9.17) is 11.6 Å². The molecule has 0 saturated carbocycles. The molecule has 0 fully saturated rings. The lowest BCUT2D eigenvalue weighted by Crippen LogP contribution is -2.23. The number of nitrogens with one attached hydrogen (secondary N) is 2. The topological polar surface area (TPSA) is 78.4 Å². The average Bonchev–Trinajstić information content (AvgIpc) is 2.76. The van der Waals surface area contributed by atoms with E-state index in [2.05, 4.69) is 17.6 Å². The van der Waals surface area contributed by atoms with Crippen LogP contribution in [0.2, 0.25) is 5.02 Å². The van der Waals surface area contributed by atoms with Crippen LogP contribution in [0.4, 0.5) is 5.69 Å². The number of carbonyl (C=O) groups is 2. The van der Waals surface area contributed by atoms with Gasteiger partial charge in [0.1, 0.15) is 0 Å². The Bertz CT molecular complexity index is 1040. The molecule has 1 amide bonds. The zero-order valence-corrected chi connectivity index (χ0v) is 17.3. The standard InChI is InChI=1S/C24H23ClN2O3/c1-2-13-26-22(16-7-4-3-5-8-16)17-9-6-10-18(14-17)23(28)27-21-12-11-19(25)15-20(21)24(29)30/h3-12,14-15,22,26H,2,13H2,1H3,(H,27,28)(H,29,30). The van der Waals surface area contributed by atoms with Gasteiger partial charge in [0.25, 0.3) is 5.91 Å². The van der Waals surface area contributed by atoms with E-state index in [0.717, 1.165) is 24.1 Å². The maximum absolute atomic E-state index is 12.8. The van der Waals surface area contributed by atoms with Crippen molar-refractivity contribution >= 4 is 29.2 Å². The van der Waals surface area contributed by atoms with Crippen molar-refractivity contribution < 1.29 is 14.7 Å². The third-order valence-corrected chi connectivity index (χ3v) is 4.91. The van der Waals surface area contributed by atoms with E-state index in [1.54, 1.807) is 12.1 Å². The number of anilines is 1. The number of halogens is 1. The van der Waals surface area contributed by atoms with Crippen molar-refractivity contribution in [2.45, 2.75) is 19.4 Å². The highest BCUT2D eigenvalue weighted by Gasteiger charge is 2.17. The van der Waals surface area contributed by atoms with E-state index in [9.17, 15) is 14.7 Å². The number of amides is 1. The molecule has 0 aromatic heterocycles. The van der Waals surface area contributed by atoms with Crippen LogP contribution in [0.5, 0.6) is 0 Å². The first-order valence-corrected chi connectivity index (χ1v) is 10.1. The Morgan fingerprint density at radius 1 is 0.967 bits per heavy atom. The fraction of sp³-hybridized carbons (Fsp3) is 0.167. The monoisotopic (exact) mass is 422 g/mol. The van der Waals surface area contributed by atoms with Crippen LogP contribution in [0.3, 0.4) is 0 Å². The van der Waals surface area contributed by atoms with E-state index >= 15 is 0 Å². The summed E-state index contributed by atoms with van der Waals surface area (Å²) in [6, 6.07) is 21.7. The molecular weight excluding hydrogens is 400 g/mol. The van der Waals surface area contributed by atoms with E-state index in [-0.39, 0.29) is 23.2 Å². The second kappa shape index (κ2) is 10.1. The Balaban J connectivity index is 1.89. The minimum absolute atomic E-state index is 0.0518. The second-order valence-electron chi connectivity index (χ2n) is 6.87. The summed E-state index contributed by atoms with van der Waals surface area (Å²) in [5, 5.41) is 15.9. The first-order valence-electron chi connectivity index (χ1n) is 9.72. The molecular formula is C24H23ClN2O3. The van der Waals surface area contributed by atoms with Crippen molar-refractivity contribution in [3.63, 3.8) is 0 Å². The Kier molecular flexibility index (Phi) is 7.22. The molecule has 0 bridgehead atoms. The van der Waals surface area contributed by atoms with Crippen LogP contribution in [-0.2, 0) is 0 Å². The lowest BCUT2D eigenvalue weighted by atomic mass is 9.96. The van der Waals surface area contributed by atoms with Gasteiger partial charge in [-0.1, -0.05) is 61.0 Å². The van der Waals surface area contributed by atoms with Crippen molar-refractivity contribution in [3.8, 4) is 0 Å². The molecule has 30 heavy (non-hydrogen) atoms. The number of carbonyl (C=O) groups excluding carboxylic acids is 1. The number of carboxylic acid groups (broad SMARTS) is 1. The number of hydrogen-bond acceptors (Lipinski definition) is 3. The highest BCUT2D eigenvalue weighted by molar-refractivity contribution is 6.31. The van der Waals surface area contributed by atoms with Gasteiger partial charge in [0, 0.05) is 10.6 Å². The van der Waals surface area contributed by atoms with Gasteiger partial charge < -0.3 is 15.7 Å². The number of carboxylic acids is 1. The van der Waals surface area contributed by atoms with Crippen LogP contribution in [0.25, 0.3) is 0 Å². The molecule has 0 aliphatic heterocycles. The average molecular weight is 423 g/mol. The largest absolute Gasteiger partial charge is 0.478 e. The summed E-state index contributed by atoms with van der Waals surface area (Å²) in [5.41, 5.74) is 2.65. The van der Waals surface area contributed by atoms with Gasteiger partial charge in [0.05, 0.1) is 17.3 Å². The Labute approximate surface area is 180 Å². The number of benzene rings is 3. The van der Waals surface area contributed by atoms with Gasteiger partial charge in [-0.05, 0) is 54.4 Å². The number of rotatable bonds is 8. The van der Waals surface area contributed by atoms with Gasteiger partial charge in [0.2, 0.25) is 0 Å². The summed E-state index contributed by atoms with van der Waals surface area (Å²) >= 11 is 5.89. The zero-order valence-electron chi connectivity index (χ0n) is 16.6. The number of aromatic carboxylic acids is 1. The molecule has 3 N–H and O–H groups in total. The maximum atomic E-state index is 12.8. The SMILES string of the molecule is CCCNC(c1ccccc1)c1cccc(C(=O)Nc2ccc(Cl)cc2C(=O)O)c1. The minimum Gasteiger partial charge on any atom is -0.478 e. The smallest absolute Gasteiger partial charge is 0.337 e. The molecule has 0 spiro atoms. The molecule has 1 atom stereocenters. The molecule has 0 radical (unpaired) electrons. The molecule has 154 valence electrons. The molecule has 0 aliphatic carbocycles. The van der Waals surface area contributed by atoms with Crippen LogP contribution in [0.1, 0.15) is 51.2 Å². The lowest BCUT2D eigenvalue weighted by molar-refractivity contribution is 0.0698. The van der Waals surface area contributed by atoms with E-state index in [1.807, 2.05) is 48.5 Å². The van der Waals surface area contributed by atoms with Crippen molar-refractivity contribution in [1.29, 1.82) is 0 Å². The fourth-order valence-electron chi connectivity index (χ4n) is 3.22. The predicted molar refractivity (Wildman–Crippen MR) is 119 cm³/mol. The van der Waals surface area contributed by atoms with Crippen LogP contribution >= 0.6 is 11.6 Å². The van der Waals surface area contributed by atoms with Gasteiger partial charge in [-0.25, -0.2) is 4.79 Å². The first kappa shape index (κ1) is 21.6. The van der Waals surface area contributed by atoms with Crippen molar-refractivity contribution in [2.24, 2.45) is 0 Å². The quantitative estimate of drug-likeness (QED) is 0.455. The molecule has 0 aliphatic rings. The Morgan fingerprint density at radius 2 is 1.70 bits per heavy atom. The fourth-order valence-corrected chi connectivity index (χ4v) is 3.39. The summed E-state index contributed by atoms with van der Waals surface area (Å²) < 4.78 is 0. The Morgan fingerprint density at radius 3 is 2.40 bits per heavy atom. The molecule has 0 saturated heterocycles. The molecule has 3 aromatic rings. The van der Waals surface area contributed by atoms with E-state index in [0.29, 0.717) is 10.6 Å². The first-order chi connectivity index (χ1) is 14.5. The molecule has 3 rings (SSSR count). The van der Waals surface area contributed by atoms with Gasteiger partial charge >= 0.3 is 5.97 Å². The van der Waals surface area contributed by atoms with Crippen molar-refractivity contribution in [1.82, 2.24) is 5.32 Å². The van der Waals surface area contributed by atoms with E-state index in [1.165, 1.54) is 12.1 Å². The van der Waals surface area contributed by atoms with Gasteiger partial charge in [-0.3, -0.25) is 4.79 Å². The maximum Gasteiger partial charge on any atom is 0.337 e. The summed E-state index contributed by atoms with van der Waals surface area (Å²) in [6.07, 6.45) is 0.984. The predicted octanol–water partition coefficient (Wildman–Crippen LogP) is 5.38. The molecule has 6 heteroatoms. The molecule has 0 heterocycles. The lowest BCUT2D eigenvalue weighted by Gasteiger charge is -2.20. The van der Waals surface area contributed by atoms with Gasteiger partial charge in [0.15, 0.2) is 0 Å². The molecule has 3 aromatic carbocycles. The minimum atomic E-state index is -1.16. The van der Waals surface area contributed by atoms with Crippen LogP contribution in [0, 0.1) is 0 Å². The second-order valence-corrected chi connectivity index (χ2v) is 7.31. The van der Waals surface area contributed by atoms with Crippen molar-refractivity contribution in [2.75, 3.05) is 11.9 Å². The highest BCUT2D eigenvalue weighted by Crippen LogP contribution is 2.25. The molecule has 1 unspecified atom stereocenters. The summed E-state index contributed by atoms with van der Waals surface area (Å²) in [4.78, 5) is 24.3. The van der Waals surface area contributed by atoms with Gasteiger partial charge in [-0.2, -0.15) is 0 Å². The van der Waals surface area contributed by atoms with Crippen LogP contribution in [0.15, 0.2) is 72.8 Å². The Hall–Kier alpha value is -3.15. The van der Waals surface area contributed by atoms with Crippen molar-refractivity contribution in [3.05, 3.63) is 100 Å². The summed E-state index contributed by atoms with van der Waals surface area (Å²) in [6.45, 7) is 2.94. The van der Waals surface area contributed by atoms with Crippen LogP contribution in [-0.4, -0.2) is 23.5 Å². The summed E-state index contributed by atoms with van der Waals surface area (Å²) in [5.74, 6) is -1.54. The number of hydrogen-bond donors (Lipinski definition) is 3. The third-order valence-electron chi connectivity index (χ3n) is 4.67. The van der Waals surface area contributed by atoms with E-state index < -0.39 is 5.97 Å².